The van der Waals surface area contributed by atoms with Gasteiger partial charge in [-0.25, -0.2) is 4.79 Å². The monoisotopic (exact) mass is 450 g/mol. The highest BCUT2D eigenvalue weighted by Gasteiger charge is 2.30. The van der Waals surface area contributed by atoms with Gasteiger partial charge in [-0.3, -0.25) is 0 Å². The summed E-state index contributed by atoms with van der Waals surface area (Å²) in [6.45, 7) is 2.11. The molecule has 1 heterocycles. The van der Waals surface area contributed by atoms with Crippen molar-refractivity contribution in [1.29, 1.82) is 5.26 Å². The molecular weight excluding hydrogens is 420 g/mol. The molecule has 4 rings (SSSR count). The van der Waals surface area contributed by atoms with Crippen LogP contribution < -0.4 is 15.5 Å². The third-order valence-corrected chi connectivity index (χ3v) is 7.06. The van der Waals surface area contributed by atoms with Crippen molar-refractivity contribution < 1.29 is 4.79 Å². The molecule has 0 spiro atoms. The minimum absolute atomic E-state index is 0.146. The number of amides is 2. The Morgan fingerprint density at radius 2 is 1.91 bits per heavy atom. The number of nitrogens with one attached hydrogen (secondary N) is 2. The number of anilines is 2. The highest BCUT2D eigenvalue weighted by Crippen LogP contribution is 2.34. The van der Waals surface area contributed by atoms with Crippen LogP contribution in [0.5, 0.6) is 0 Å². The number of nitriles is 1. The zero-order valence-electron chi connectivity index (χ0n) is 18.4. The Morgan fingerprint density at radius 1 is 1.09 bits per heavy atom. The molecule has 2 amide bonds. The molecule has 5 nitrogen and oxygen atoms in total. The number of benzene rings is 2. The van der Waals surface area contributed by atoms with E-state index in [9.17, 15) is 4.79 Å². The fourth-order valence-corrected chi connectivity index (χ4v) is 5.44. The Hall–Kier alpha value is -2.71. The molecule has 32 heavy (non-hydrogen) atoms. The van der Waals surface area contributed by atoms with Crippen LogP contribution in [0.3, 0.4) is 0 Å². The number of halogens is 1. The van der Waals surface area contributed by atoms with E-state index in [0.29, 0.717) is 28.1 Å². The number of piperidine rings is 1. The first-order valence-corrected chi connectivity index (χ1v) is 12.1. The van der Waals surface area contributed by atoms with Gasteiger partial charge in [-0.2, -0.15) is 5.26 Å². The molecule has 3 atom stereocenters. The number of carbonyl (C=O) groups is 1. The van der Waals surface area contributed by atoms with Crippen molar-refractivity contribution >= 4 is 29.0 Å². The molecule has 2 aliphatic rings. The third kappa shape index (κ3) is 5.95. The van der Waals surface area contributed by atoms with Gasteiger partial charge in [-0.15, -0.1) is 0 Å². The van der Waals surface area contributed by atoms with Crippen LogP contribution in [-0.2, 0) is 0 Å². The van der Waals surface area contributed by atoms with Crippen LogP contribution in [0.1, 0.15) is 50.5 Å². The smallest absolute Gasteiger partial charge is 0.319 e. The Balaban J connectivity index is 1.34. The van der Waals surface area contributed by atoms with E-state index in [4.69, 9.17) is 16.9 Å². The molecule has 0 aromatic heterocycles. The standard InChI is InChI=1S/C26H31ClN4O/c27-22-7-3-8-23(16-22)29-26(32)30-25-9-2-1-6-21(25)15-20-5-4-14-31(18-20)24-12-10-19(17-28)11-13-24/h3,7-8,10-13,16,20-21,25H,1-2,4-6,9,14-15,18H2,(H2,29,30,32)/t20-,21+,25-/m1/s1. The van der Waals surface area contributed by atoms with Crippen molar-refractivity contribution in [1.82, 2.24) is 5.32 Å². The van der Waals surface area contributed by atoms with Crippen LogP contribution in [0.15, 0.2) is 48.5 Å². The number of urea groups is 1. The summed E-state index contributed by atoms with van der Waals surface area (Å²) in [5.74, 6) is 1.14. The van der Waals surface area contributed by atoms with Crippen molar-refractivity contribution in [2.24, 2.45) is 11.8 Å². The van der Waals surface area contributed by atoms with Crippen molar-refractivity contribution in [2.45, 2.75) is 51.0 Å². The predicted molar refractivity (Wildman–Crippen MR) is 130 cm³/mol. The molecule has 1 aliphatic heterocycles. The molecule has 0 unspecified atom stereocenters. The average molecular weight is 451 g/mol. The predicted octanol–water partition coefficient (Wildman–Crippen LogP) is 6.20. The summed E-state index contributed by atoms with van der Waals surface area (Å²) >= 11 is 6.03. The Kier molecular flexibility index (Phi) is 7.55. The molecule has 2 N–H and O–H groups in total. The van der Waals surface area contributed by atoms with Gasteiger partial charge in [0.1, 0.15) is 0 Å². The van der Waals surface area contributed by atoms with Gasteiger partial charge in [0.25, 0.3) is 0 Å². The van der Waals surface area contributed by atoms with Gasteiger partial charge in [0.05, 0.1) is 11.6 Å². The minimum Gasteiger partial charge on any atom is -0.371 e. The van der Waals surface area contributed by atoms with Gasteiger partial charge in [-0.1, -0.05) is 30.5 Å². The van der Waals surface area contributed by atoms with E-state index >= 15 is 0 Å². The second kappa shape index (κ2) is 10.7. The molecule has 168 valence electrons. The second-order valence-corrected chi connectivity index (χ2v) is 9.54. The molecule has 1 saturated heterocycles. The Bertz CT molecular complexity index is 955. The molecular formula is C26H31ClN4O. The van der Waals surface area contributed by atoms with Gasteiger partial charge < -0.3 is 15.5 Å². The summed E-state index contributed by atoms with van der Waals surface area (Å²) in [5, 5.41) is 15.8. The molecule has 0 bridgehead atoms. The summed E-state index contributed by atoms with van der Waals surface area (Å²) in [7, 11) is 0. The highest BCUT2D eigenvalue weighted by atomic mass is 35.5. The molecule has 1 saturated carbocycles. The minimum atomic E-state index is -0.146. The van der Waals surface area contributed by atoms with Crippen LogP contribution in [-0.4, -0.2) is 25.2 Å². The van der Waals surface area contributed by atoms with Crippen LogP contribution in [0.25, 0.3) is 0 Å². The molecule has 2 aromatic carbocycles. The summed E-state index contributed by atoms with van der Waals surface area (Å²) < 4.78 is 0. The lowest BCUT2D eigenvalue weighted by Crippen LogP contribution is -2.45. The SMILES string of the molecule is N#Cc1ccc(N2CCC[C@H](C[C@@H]3CCCC[C@H]3NC(=O)Nc3cccc(Cl)c3)C2)cc1. The van der Waals surface area contributed by atoms with Gasteiger partial charge in [0, 0.05) is 35.5 Å². The Labute approximate surface area is 195 Å². The summed E-state index contributed by atoms with van der Waals surface area (Å²) in [5.41, 5.74) is 2.62. The van der Waals surface area contributed by atoms with Crippen LogP contribution in [0.4, 0.5) is 16.2 Å². The van der Waals surface area contributed by atoms with Gasteiger partial charge >= 0.3 is 6.03 Å². The van der Waals surface area contributed by atoms with E-state index < -0.39 is 0 Å². The van der Waals surface area contributed by atoms with Crippen molar-refractivity contribution in [2.75, 3.05) is 23.3 Å². The van der Waals surface area contributed by atoms with Crippen LogP contribution >= 0.6 is 11.6 Å². The van der Waals surface area contributed by atoms with E-state index in [1.165, 1.54) is 37.8 Å². The number of rotatable bonds is 5. The van der Waals surface area contributed by atoms with E-state index in [1.54, 1.807) is 12.1 Å². The summed E-state index contributed by atoms with van der Waals surface area (Å²) in [6, 6.07) is 17.4. The fraction of sp³-hybridized carbons (Fsp3) is 0.462. The number of carbonyl (C=O) groups excluding carboxylic acids is 1. The van der Waals surface area contributed by atoms with Crippen molar-refractivity contribution in [3.05, 3.63) is 59.1 Å². The van der Waals surface area contributed by atoms with Gasteiger partial charge in [0.2, 0.25) is 0 Å². The van der Waals surface area contributed by atoms with Crippen LogP contribution in [0, 0.1) is 23.2 Å². The van der Waals surface area contributed by atoms with E-state index in [2.05, 4.69) is 33.7 Å². The highest BCUT2D eigenvalue weighted by molar-refractivity contribution is 6.30. The molecule has 2 aromatic rings. The third-order valence-electron chi connectivity index (χ3n) is 6.82. The van der Waals surface area contributed by atoms with Gasteiger partial charge in [0.15, 0.2) is 0 Å². The molecule has 0 radical (unpaired) electrons. The second-order valence-electron chi connectivity index (χ2n) is 9.11. The first kappa shape index (κ1) is 22.5. The zero-order valence-corrected chi connectivity index (χ0v) is 19.2. The number of hydrogen-bond acceptors (Lipinski definition) is 3. The summed E-state index contributed by atoms with van der Waals surface area (Å²) in [4.78, 5) is 15.1. The van der Waals surface area contributed by atoms with Crippen LogP contribution in [0.2, 0.25) is 5.02 Å². The quantitative estimate of drug-likeness (QED) is 0.569. The first-order chi connectivity index (χ1) is 15.6. The Morgan fingerprint density at radius 3 is 2.69 bits per heavy atom. The van der Waals surface area contributed by atoms with Crippen molar-refractivity contribution in [3.8, 4) is 6.07 Å². The molecule has 6 heteroatoms. The largest absolute Gasteiger partial charge is 0.371 e. The lowest BCUT2D eigenvalue weighted by molar-refractivity contribution is 0.203. The average Bonchev–Trinajstić information content (AvgIpc) is 2.80. The fourth-order valence-electron chi connectivity index (χ4n) is 5.25. The maximum absolute atomic E-state index is 12.6. The van der Waals surface area contributed by atoms with Gasteiger partial charge in [-0.05, 0) is 86.4 Å². The molecule has 2 fully saturated rings. The topological polar surface area (TPSA) is 68.2 Å². The lowest BCUT2D eigenvalue weighted by atomic mass is 9.77. The van der Waals surface area contributed by atoms with E-state index in [1.807, 2.05) is 24.3 Å². The van der Waals surface area contributed by atoms with Crippen molar-refractivity contribution in [3.63, 3.8) is 0 Å². The zero-order chi connectivity index (χ0) is 22.3. The maximum Gasteiger partial charge on any atom is 0.319 e. The van der Waals surface area contributed by atoms with E-state index in [0.717, 1.165) is 25.9 Å². The number of hydrogen-bond donors (Lipinski definition) is 2. The maximum atomic E-state index is 12.6. The number of nitrogens with zero attached hydrogens (tertiary/aromatic N) is 2. The summed E-state index contributed by atoms with van der Waals surface area (Å²) in [6.07, 6.45) is 8.20. The molecule has 1 aliphatic carbocycles. The normalized spacial score (nSPS) is 23.2. The first-order valence-electron chi connectivity index (χ1n) is 11.7. The lowest BCUT2D eigenvalue weighted by Gasteiger charge is -2.39. The van der Waals surface area contributed by atoms with E-state index in [-0.39, 0.29) is 12.1 Å².